The largest absolute Gasteiger partial charge is 0.379 e. The molecule has 1 saturated carbocycles. The van der Waals surface area contributed by atoms with Crippen LogP contribution in [-0.2, 0) is 10.2 Å². The molecule has 19 heavy (non-hydrogen) atoms. The molecule has 3 rings (SSSR count). The van der Waals surface area contributed by atoms with Gasteiger partial charge in [-0.2, -0.15) is 0 Å². The van der Waals surface area contributed by atoms with Crippen LogP contribution >= 0.6 is 0 Å². The Morgan fingerprint density at radius 2 is 1.95 bits per heavy atom. The second-order valence-corrected chi connectivity index (χ2v) is 6.00. The van der Waals surface area contributed by atoms with E-state index in [0.29, 0.717) is 12.0 Å². The maximum atomic E-state index is 13.5. The van der Waals surface area contributed by atoms with Gasteiger partial charge in [0.1, 0.15) is 5.82 Å². The minimum atomic E-state index is -0.132. The molecule has 0 bridgehead atoms. The molecule has 0 unspecified atom stereocenters. The van der Waals surface area contributed by atoms with Crippen LogP contribution in [0.3, 0.4) is 0 Å². The van der Waals surface area contributed by atoms with Crippen molar-refractivity contribution in [3.63, 3.8) is 0 Å². The number of benzene rings is 1. The standard InChI is InChI=1S/C16H22FNO/c1-18-15-7-5-12(6-8-15)16(10-19-11-16)13-3-2-4-14(17)9-13/h2-4,9,12,15,18H,5-8,10-11H2,1H3. The summed E-state index contributed by atoms with van der Waals surface area (Å²) >= 11 is 0. The van der Waals surface area contributed by atoms with Gasteiger partial charge in [0.05, 0.1) is 13.2 Å². The highest BCUT2D eigenvalue weighted by molar-refractivity contribution is 5.30. The van der Waals surface area contributed by atoms with Crippen molar-refractivity contribution in [3.05, 3.63) is 35.6 Å². The van der Waals surface area contributed by atoms with Gasteiger partial charge in [0.2, 0.25) is 0 Å². The lowest BCUT2D eigenvalue weighted by atomic mass is 9.63. The number of halogens is 1. The Morgan fingerprint density at radius 3 is 2.47 bits per heavy atom. The van der Waals surface area contributed by atoms with Crippen LogP contribution in [0.25, 0.3) is 0 Å². The Bertz CT molecular complexity index is 436. The van der Waals surface area contributed by atoms with Crippen LogP contribution < -0.4 is 5.32 Å². The molecule has 0 aromatic heterocycles. The van der Waals surface area contributed by atoms with E-state index in [1.165, 1.54) is 31.7 Å². The molecule has 2 fully saturated rings. The molecule has 2 aliphatic rings. The highest BCUT2D eigenvalue weighted by atomic mass is 19.1. The Kier molecular flexibility index (Phi) is 3.59. The first-order valence-corrected chi connectivity index (χ1v) is 7.26. The minimum absolute atomic E-state index is 0.0702. The van der Waals surface area contributed by atoms with Crippen molar-refractivity contribution < 1.29 is 9.13 Å². The summed E-state index contributed by atoms with van der Waals surface area (Å²) in [5.41, 5.74) is 1.20. The fraction of sp³-hybridized carbons (Fsp3) is 0.625. The summed E-state index contributed by atoms with van der Waals surface area (Å²) in [6.45, 7) is 1.51. The van der Waals surface area contributed by atoms with Crippen LogP contribution in [0.4, 0.5) is 4.39 Å². The molecule has 0 spiro atoms. The molecule has 2 nitrogen and oxygen atoms in total. The van der Waals surface area contributed by atoms with Crippen molar-refractivity contribution in [1.29, 1.82) is 0 Å². The molecule has 104 valence electrons. The highest BCUT2D eigenvalue weighted by Gasteiger charge is 2.47. The third kappa shape index (κ3) is 2.30. The lowest BCUT2D eigenvalue weighted by Crippen LogP contribution is -2.54. The number of ether oxygens (including phenoxy) is 1. The van der Waals surface area contributed by atoms with E-state index in [1.54, 1.807) is 6.07 Å². The van der Waals surface area contributed by atoms with Crippen LogP contribution in [0, 0.1) is 11.7 Å². The summed E-state index contributed by atoms with van der Waals surface area (Å²) in [7, 11) is 2.04. The van der Waals surface area contributed by atoms with E-state index >= 15 is 0 Å². The first kappa shape index (κ1) is 13.1. The average Bonchev–Trinajstić information content (AvgIpc) is 2.38. The van der Waals surface area contributed by atoms with Gasteiger partial charge in [-0.05, 0) is 56.3 Å². The maximum Gasteiger partial charge on any atom is 0.123 e. The van der Waals surface area contributed by atoms with Gasteiger partial charge in [0, 0.05) is 11.5 Å². The molecular formula is C16H22FNO. The first-order chi connectivity index (χ1) is 9.24. The zero-order valence-electron chi connectivity index (χ0n) is 11.5. The van der Waals surface area contributed by atoms with Crippen molar-refractivity contribution in [3.8, 4) is 0 Å². The fourth-order valence-electron chi connectivity index (χ4n) is 3.69. The molecule has 0 amide bonds. The second kappa shape index (κ2) is 5.22. The number of hydrogen-bond acceptors (Lipinski definition) is 2. The molecule has 1 aromatic carbocycles. The summed E-state index contributed by atoms with van der Waals surface area (Å²) in [6, 6.07) is 7.77. The van der Waals surface area contributed by atoms with Gasteiger partial charge in [-0.3, -0.25) is 0 Å². The summed E-state index contributed by atoms with van der Waals surface area (Å²) in [5, 5.41) is 3.37. The van der Waals surface area contributed by atoms with Crippen molar-refractivity contribution in [2.24, 2.45) is 5.92 Å². The predicted molar refractivity (Wildman–Crippen MR) is 73.7 cm³/mol. The molecular weight excluding hydrogens is 241 g/mol. The maximum absolute atomic E-state index is 13.5. The summed E-state index contributed by atoms with van der Waals surface area (Å²) in [4.78, 5) is 0. The van der Waals surface area contributed by atoms with Crippen LogP contribution in [0.5, 0.6) is 0 Å². The molecule has 1 aliphatic heterocycles. The first-order valence-electron chi connectivity index (χ1n) is 7.26. The predicted octanol–water partition coefficient (Wildman–Crippen LogP) is 2.87. The lowest BCUT2D eigenvalue weighted by Gasteiger charge is -2.50. The molecule has 0 atom stereocenters. The van der Waals surface area contributed by atoms with Crippen LogP contribution in [-0.4, -0.2) is 26.3 Å². The number of rotatable bonds is 3. The lowest BCUT2D eigenvalue weighted by molar-refractivity contribution is -0.0989. The average molecular weight is 263 g/mol. The topological polar surface area (TPSA) is 21.3 Å². The van der Waals surface area contributed by atoms with Gasteiger partial charge in [0.15, 0.2) is 0 Å². The summed E-state index contributed by atoms with van der Waals surface area (Å²) < 4.78 is 19.0. The molecule has 1 N–H and O–H groups in total. The summed E-state index contributed by atoms with van der Waals surface area (Å²) in [6.07, 6.45) is 4.87. The highest BCUT2D eigenvalue weighted by Crippen LogP contribution is 2.46. The van der Waals surface area contributed by atoms with E-state index in [2.05, 4.69) is 11.4 Å². The van der Waals surface area contributed by atoms with Gasteiger partial charge >= 0.3 is 0 Å². The Balaban J connectivity index is 1.80. The third-order valence-corrected chi connectivity index (χ3v) is 5.04. The molecule has 1 saturated heterocycles. The van der Waals surface area contributed by atoms with E-state index in [0.717, 1.165) is 18.8 Å². The SMILES string of the molecule is CNC1CCC(C2(c3cccc(F)c3)COC2)CC1. The van der Waals surface area contributed by atoms with Gasteiger partial charge < -0.3 is 10.1 Å². The van der Waals surface area contributed by atoms with Crippen molar-refractivity contribution in [2.45, 2.75) is 37.1 Å². The van der Waals surface area contributed by atoms with Gasteiger partial charge in [0.25, 0.3) is 0 Å². The zero-order valence-corrected chi connectivity index (χ0v) is 11.5. The van der Waals surface area contributed by atoms with Crippen molar-refractivity contribution >= 4 is 0 Å². The fourth-order valence-corrected chi connectivity index (χ4v) is 3.69. The van der Waals surface area contributed by atoms with Crippen molar-refractivity contribution in [2.75, 3.05) is 20.3 Å². The molecule has 1 heterocycles. The smallest absolute Gasteiger partial charge is 0.123 e. The normalized spacial score (nSPS) is 29.8. The Labute approximate surface area is 114 Å². The molecule has 3 heteroatoms. The monoisotopic (exact) mass is 263 g/mol. The Morgan fingerprint density at radius 1 is 1.21 bits per heavy atom. The van der Waals surface area contributed by atoms with Gasteiger partial charge in [-0.1, -0.05) is 12.1 Å². The second-order valence-electron chi connectivity index (χ2n) is 6.00. The Hall–Kier alpha value is -0.930. The molecule has 1 aliphatic carbocycles. The van der Waals surface area contributed by atoms with Crippen LogP contribution in [0.2, 0.25) is 0 Å². The number of nitrogens with one attached hydrogen (secondary N) is 1. The van der Waals surface area contributed by atoms with Gasteiger partial charge in [-0.25, -0.2) is 4.39 Å². The van der Waals surface area contributed by atoms with E-state index in [9.17, 15) is 4.39 Å². The minimum Gasteiger partial charge on any atom is -0.379 e. The van der Waals surface area contributed by atoms with E-state index in [-0.39, 0.29) is 11.2 Å². The van der Waals surface area contributed by atoms with E-state index in [1.807, 2.05) is 13.1 Å². The summed E-state index contributed by atoms with van der Waals surface area (Å²) in [5.74, 6) is 0.500. The quantitative estimate of drug-likeness (QED) is 0.905. The zero-order chi connectivity index (χ0) is 13.3. The number of hydrogen-bond donors (Lipinski definition) is 1. The van der Waals surface area contributed by atoms with E-state index in [4.69, 9.17) is 4.74 Å². The third-order valence-electron chi connectivity index (χ3n) is 5.04. The molecule has 1 aromatic rings. The van der Waals surface area contributed by atoms with Gasteiger partial charge in [-0.15, -0.1) is 0 Å². The van der Waals surface area contributed by atoms with Crippen LogP contribution in [0.15, 0.2) is 24.3 Å². The van der Waals surface area contributed by atoms with Crippen LogP contribution in [0.1, 0.15) is 31.2 Å². The van der Waals surface area contributed by atoms with Crippen molar-refractivity contribution in [1.82, 2.24) is 5.32 Å². The van der Waals surface area contributed by atoms with E-state index < -0.39 is 0 Å². The molecule has 0 radical (unpaired) electrons.